The topological polar surface area (TPSA) is 50.4 Å². The van der Waals surface area contributed by atoms with Crippen LogP contribution >= 0.6 is 0 Å². The largest absolute Gasteiger partial charge is 0.384 e. The molecule has 1 saturated heterocycles. The van der Waals surface area contributed by atoms with E-state index in [4.69, 9.17) is 4.74 Å². The van der Waals surface area contributed by atoms with E-state index in [-0.39, 0.29) is 17.4 Å². The fourth-order valence-electron chi connectivity index (χ4n) is 3.09. The lowest BCUT2D eigenvalue weighted by atomic mass is 9.78. The highest BCUT2D eigenvalue weighted by molar-refractivity contribution is 5.83. The molecule has 1 rings (SSSR count). The zero-order chi connectivity index (χ0) is 14.3. The zero-order valence-corrected chi connectivity index (χ0v) is 12.9. The van der Waals surface area contributed by atoms with Crippen LogP contribution in [0.25, 0.3) is 0 Å². The highest BCUT2D eigenvalue weighted by atomic mass is 16.5. The Kier molecular flexibility index (Phi) is 6.80. The maximum Gasteiger partial charge on any atom is 0.228 e. The van der Waals surface area contributed by atoms with Crippen LogP contribution < -0.4 is 10.6 Å². The van der Waals surface area contributed by atoms with Gasteiger partial charge in [0.1, 0.15) is 0 Å². The lowest BCUT2D eigenvalue weighted by Gasteiger charge is -2.37. The van der Waals surface area contributed by atoms with Crippen molar-refractivity contribution >= 4 is 5.91 Å². The van der Waals surface area contributed by atoms with Crippen molar-refractivity contribution in [3.05, 3.63) is 0 Å². The number of nitrogens with one attached hydrogen (secondary N) is 2. The van der Waals surface area contributed by atoms with E-state index >= 15 is 0 Å². The minimum Gasteiger partial charge on any atom is -0.384 e. The summed E-state index contributed by atoms with van der Waals surface area (Å²) in [5.74, 6) is 0.737. The van der Waals surface area contributed by atoms with Crippen LogP contribution in [0.4, 0.5) is 0 Å². The van der Waals surface area contributed by atoms with Crippen LogP contribution in [0, 0.1) is 11.3 Å². The molecule has 1 unspecified atom stereocenters. The molecule has 1 heterocycles. The first-order valence-corrected chi connectivity index (χ1v) is 7.60. The van der Waals surface area contributed by atoms with Crippen LogP contribution in [0.2, 0.25) is 0 Å². The first-order chi connectivity index (χ1) is 9.09. The Bertz CT molecular complexity index is 266. The molecule has 112 valence electrons. The van der Waals surface area contributed by atoms with E-state index in [1.54, 1.807) is 7.11 Å². The van der Waals surface area contributed by atoms with Gasteiger partial charge in [-0.15, -0.1) is 0 Å². The Morgan fingerprint density at radius 3 is 2.37 bits per heavy atom. The van der Waals surface area contributed by atoms with Gasteiger partial charge in [0, 0.05) is 13.2 Å². The summed E-state index contributed by atoms with van der Waals surface area (Å²) in [5, 5.41) is 6.55. The Labute approximate surface area is 117 Å². The van der Waals surface area contributed by atoms with E-state index < -0.39 is 0 Å². The molecular formula is C15H30N2O2. The number of rotatable bonds is 7. The van der Waals surface area contributed by atoms with E-state index in [0.29, 0.717) is 12.5 Å². The van der Waals surface area contributed by atoms with Crippen LogP contribution in [0.15, 0.2) is 0 Å². The van der Waals surface area contributed by atoms with E-state index in [1.807, 2.05) is 0 Å². The van der Waals surface area contributed by atoms with Crippen LogP contribution in [-0.2, 0) is 9.53 Å². The van der Waals surface area contributed by atoms with Crippen LogP contribution in [0.1, 0.15) is 46.5 Å². The SMILES string of the molecule is CCC(CC)C(C)NC(=O)C1(COC)CCNCC1. The molecule has 4 heteroatoms. The number of carbonyl (C=O) groups is 1. The molecule has 0 spiro atoms. The average molecular weight is 270 g/mol. The average Bonchev–Trinajstić information content (AvgIpc) is 2.41. The first kappa shape index (κ1) is 16.4. The van der Waals surface area contributed by atoms with E-state index in [0.717, 1.165) is 38.8 Å². The molecule has 19 heavy (non-hydrogen) atoms. The lowest BCUT2D eigenvalue weighted by Crippen LogP contribution is -2.53. The third kappa shape index (κ3) is 4.18. The molecule has 0 aromatic heterocycles. The van der Waals surface area contributed by atoms with Gasteiger partial charge in [-0.3, -0.25) is 4.79 Å². The van der Waals surface area contributed by atoms with E-state index in [9.17, 15) is 4.79 Å². The fraction of sp³-hybridized carbons (Fsp3) is 0.933. The molecule has 1 aliphatic rings. The predicted octanol–water partition coefficient (Wildman–Crippen LogP) is 1.94. The van der Waals surface area contributed by atoms with Gasteiger partial charge in [0.25, 0.3) is 0 Å². The minimum absolute atomic E-state index is 0.176. The van der Waals surface area contributed by atoms with E-state index in [1.165, 1.54) is 0 Å². The fourth-order valence-corrected chi connectivity index (χ4v) is 3.09. The minimum atomic E-state index is -0.333. The van der Waals surface area contributed by atoms with Crippen molar-refractivity contribution in [3.63, 3.8) is 0 Å². The highest BCUT2D eigenvalue weighted by Crippen LogP contribution is 2.30. The van der Waals surface area contributed by atoms with E-state index in [2.05, 4.69) is 31.4 Å². The summed E-state index contributed by atoms with van der Waals surface area (Å²) < 4.78 is 5.31. The van der Waals surface area contributed by atoms with Crippen molar-refractivity contribution in [3.8, 4) is 0 Å². The van der Waals surface area contributed by atoms with Gasteiger partial charge in [-0.25, -0.2) is 0 Å². The Morgan fingerprint density at radius 2 is 1.89 bits per heavy atom. The summed E-state index contributed by atoms with van der Waals surface area (Å²) in [5.41, 5.74) is -0.333. The van der Waals surface area contributed by atoms with Crippen LogP contribution in [-0.4, -0.2) is 38.8 Å². The second kappa shape index (κ2) is 7.85. The Morgan fingerprint density at radius 1 is 1.32 bits per heavy atom. The second-order valence-electron chi connectivity index (χ2n) is 5.80. The summed E-state index contributed by atoms with van der Waals surface area (Å²) in [7, 11) is 1.68. The summed E-state index contributed by atoms with van der Waals surface area (Å²) in [6.45, 7) is 8.82. The molecule has 1 atom stereocenters. The maximum absolute atomic E-state index is 12.6. The van der Waals surface area contributed by atoms with Crippen molar-refractivity contribution < 1.29 is 9.53 Å². The third-order valence-electron chi connectivity index (χ3n) is 4.58. The van der Waals surface area contributed by atoms with Gasteiger partial charge in [0.2, 0.25) is 5.91 Å². The molecular weight excluding hydrogens is 240 g/mol. The lowest BCUT2D eigenvalue weighted by molar-refractivity contribution is -0.137. The molecule has 0 aromatic carbocycles. The van der Waals surface area contributed by atoms with Crippen LogP contribution in [0.5, 0.6) is 0 Å². The Hall–Kier alpha value is -0.610. The number of methoxy groups -OCH3 is 1. The Balaban J connectivity index is 2.66. The molecule has 0 radical (unpaired) electrons. The molecule has 2 N–H and O–H groups in total. The van der Waals surface area contributed by atoms with Gasteiger partial charge in [0.15, 0.2) is 0 Å². The van der Waals surface area contributed by atoms with Crippen molar-refractivity contribution in [1.29, 1.82) is 0 Å². The van der Waals surface area contributed by atoms with Crippen molar-refractivity contribution in [2.45, 2.75) is 52.5 Å². The van der Waals surface area contributed by atoms with Gasteiger partial charge in [0.05, 0.1) is 12.0 Å². The second-order valence-corrected chi connectivity index (χ2v) is 5.80. The number of piperidine rings is 1. The zero-order valence-electron chi connectivity index (χ0n) is 12.9. The molecule has 1 aliphatic heterocycles. The maximum atomic E-state index is 12.6. The van der Waals surface area contributed by atoms with Crippen molar-refractivity contribution in [2.24, 2.45) is 11.3 Å². The standard InChI is InChI=1S/C15H30N2O2/c1-5-13(6-2)12(3)17-14(18)15(11-19-4)7-9-16-10-8-15/h12-13,16H,5-11H2,1-4H3,(H,17,18). The third-order valence-corrected chi connectivity index (χ3v) is 4.58. The normalized spacial score (nSPS) is 20.3. The monoisotopic (exact) mass is 270 g/mol. The summed E-state index contributed by atoms with van der Waals surface area (Å²) >= 11 is 0. The molecule has 1 amide bonds. The van der Waals surface area contributed by atoms with Gasteiger partial charge in [-0.2, -0.15) is 0 Å². The van der Waals surface area contributed by atoms with Gasteiger partial charge < -0.3 is 15.4 Å². The quantitative estimate of drug-likeness (QED) is 0.743. The van der Waals surface area contributed by atoms with Gasteiger partial charge in [-0.1, -0.05) is 26.7 Å². The number of amides is 1. The predicted molar refractivity (Wildman–Crippen MR) is 78.1 cm³/mol. The van der Waals surface area contributed by atoms with Crippen LogP contribution in [0.3, 0.4) is 0 Å². The van der Waals surface area contributed by atoms with Crippen molar-refractivity contribution in [2.75, 3.05) is 26.8 Å². The molecule has 0 bridgehead atoms. The number of hydrogen-bond donors (Lipinski definition) is 2. The first-order valence-electron chi connectivity index (χ1n) is 7.60. The number of ether oxygens (including phenoxy) is 1. The molecule has 0 aliphatic carbocycles. The molecule has 0 saturated carbocycles. The van der Waals surface area contributed by atoms with Gasteiger partial charge >= 0.3 is 0 Å². The number of hydrogen-bond acceptors (Lipinski definition) is 3. The number of carbonyl (C=O) groups excluding carboxylic acids is 1. The summed E-state index contributed by atoms with van der Waals surface area (Å²) in [6, 6.07) is 0.242. The highest BCUT2D eigenvalue weighted by Gasteiger charge is 2.40. The smallest absolute Gasteiger partial charge is 0.228 e. The summed E-state index contributed by atoms with van der Waals surface area (Å²) in [6.07, 6.45) is 3.94. The summed E-state index contributed by atoms with van der Waals surface area (Å²) in [4.78, 5) is 12.6. The molecule has 1 fully saturated rings. The van der Waals surface area contributed by atoms with Crippen molar-refractivity contribution in [1.82, 2.24) is 10.6 Å². The molecule has 0 aromatic rings. The molecule has 4 nitrogen and oxygen atoms in total. The van der Waals surface area contributed by atoms with Gasteiger partial charge in [-0.05, 0) is 38.8 Å².